The van der Waals surface area contributed by atoms with E-state index in [-0.39, 0.29) is 22.7 Å². The SMILES string of the molecule is CC1CN(C)CCN1C(=O)Nc1ccc(C(=O)O)c(Cl)c1. The Bertz CT molecular complexity index is 564. The molecule has 2 amide bonds. The van der Waals surface area contributed by atoms with Crippen molar-refractivity contribution < 1.29 is 14.7 Å². The third-order valence-electron chi connectivity index (χ3n) is 3.54. The Kier molecular flexibility index (Phi) is 4.69. The molecule has 1 fully saturated rings. The number of carbonyl (C=O) groups is 2. The van der Waals surface area contributed by atoms with E-state index in [0.29, 0.717) is 12.2 Å². The molecule has 0 aliphatic carbocycles. The van der Waals surface area contributed by atoms with Gasteiger partial charge >= 0.3 is 12.0 Å². The number of carboxylic acids is 1. The van der Waals surface area contributed by atoms with Gasteiger partial charge < -0.3 is 20.2 Å². The number of anilines is 1. The van der Waals surface area contributed by atoms with E-state index < -0.39 is 5.97 Å². The Labute approximate surface area is 128 Å². The number of hydrogen-bond donors (Lipinski definition) is 2. The van der Waals surface area contributed by atoms with Crippen molar-refractivity contribution in [1.29, 1.82) is 0 Å². The summed E-state index contributed by atoms with van der Waals surface area (Å²) < 4.78 is 0. The summed E-state index contributed by atoms with van der Waals surface area (Å²) in [5.74, 6) is -1.09. The van der Waals surface area contributed by atoms with Gasteiger partial charge in [0.2, 0.25) is 0 Å². The first-order valence-corrected chi connectivity index (χ1v) is 7.05. The molecular formula is C14H18ClN3O3. The van der Waals surface area contributed by atoms with Crippen LogP contribution in [-0.4, -0.2) is 59.6 Å². The molecule has 114 valence electrons. The van der Waals surface area contributed by atoms with Crippen LogP contribution >= 0.6 is 11.6 Å². The second-order valence-electron chi connectivity index (χ2n) is 5.23. The molecule has 0 bridgehead atoms. The molecule has 1 atom stereocenters. The van der Waals surface area contributed by atoms with Crippen LogP contribution in [0.1, 0.15) is 17.3 Å². The summed E-state index contributed by atoms with van der Waals surface area (Å²) in [4.78, 5) is 27.1. The minimum Gasteiger partial charge on any atom is -0.478 e. The maximum atomic E-state index is 12.3. The second kappa shape index (κ2) is 6.32. The molecule has 1 aliphatic rings. The number of benzene rings is 1. The third kappa shape index (κ3) is 3.65. The monoisotopic (exact) mass is 311 g/mol. The molecule has 1 aromatic rings. The number of piperazine rings is 1. The number of rotatable bonds is 2. The number of urea groups is 1. The smallest absolute Gasteiger partial charge is 0.337 e. The molecule has 0 radical (unpaired) electrons. The van der Waals surface area contributed by atoms with E-state index in [1.165, 1.54) is 18.2 Å². The predicted octanol–water partition coefficient (Wildman–Crippen LogP) is 2.21. The summed E-state index contributed by atoms with van der Waals surface area (Å²) in [6, 6.07) is 4.29. The molecule has 1 saturated heterocycles. The standard InChI is InChI=1S/C14H18ClN3O3/c1-9-8-17(2)5-6-18(9)14(21)16-10-3-4-11(13(19)20)12(15)7-10/h3-4,7,9H,5-6,8H2,1-2H3,(H,16,21)(H,19,20). The fourth-order valence-electron chi connectivity index (χ4n) is 2.40. The molecule has 7 heteroatoms. The minimum absolute atomic E-state index is 0.0163. The molecule has 0 aromatic heterocycles. The quantitative estimate of drug-likeness (QED) is 0.878. The van der Waals surface area contributed by atoms with Crippen LogP contribution in [0.3, 0.4) is 0 Å². The first kappa shape index (κ1) is 15.6. The highest BCUT2D eigenvalue weighted by atomic mass is 35.5. The minimum atomic E-state index is -1.09. The molecule has 1 heterocycles. The third-order valence-corrected chi connectivity index (χ3v) is 3.85. The lowest BCUT2D eigenvalue weighted by Gasteiger charge is -2.38. The molecule has 1 aromatic carbocycles. The van der Waals surface area contributed by atoms with Gasteiger partial charge in [-0.3, -0.25) is 0 Å². The Morgan fingerprint density at radius 2 is 2.10 bits per heavy atom. The summed E-state index contributed by atoms with van der Waals surface area (Å²) in [5, 5.41) is 11.8. The number of amides is 2. The Morgan fingerprint density at radius 1 is 1.38 bits per heavy atom. The maximum Gasteiger partial charge on any atom is 0.337 e. The molecule has 0 saturated carbocycles. The number of carbonyl (C=O) groups excluding carboxylic acids is 1. The average molecular weight is 312 g/mol. The largest absolute Gasteiger partial charge is 0.478 e. The van der Waals surface area contributed by atoms with Gasteiger partial charge in [0.1, 0.15) is 0 Å². The molecule has 0 spiro atoms. The van der Waals surface area contributed by atoms with Gasteiger partial charge in [-0.05, 0) is 32.2 Å². The molecule has 1 aliphatic heterocycles. The van der Waals surface area contributed by atoms with E-state index in [4.69, 9.17) is 16.7 Å². The van der Waals surface area contributed by atoms with Crippen LogP contribution in [0, 0.1) is 0 Å². The topological polar surface area (TPSA) is 72.9 Å². The Balaban J connectivity index is 2.06. The van der Waals surface area contributed by atoms with Gasteiger partial charge in [-0.25, -0.2) is 9.59 Å². The Hall–Kier alpha value is -1.79. The number of hydrogen-bond acceptors (Lipinski definition) is 3. The molecule has 1 unspecified atom stereocenters. The van der Waals surface area contributed by atoms with Crippen molar-refractivity contribution in [1.82, 2.24) is 9.80 Å². The normalized spacial score (nSPS) is 19.4. The van der Waals surface area contributed by atoms with E-state index in [1.54, 1.807) is 4.90 Å². The first-order valence-electron chi connectivity index (χ1n) is 6.67. The van der Waals surface area contributed by atoms with Gasteiger partial charge in [-0.2, -0.15) is 0 Å². The number of nitrogens with zero attached hydrogens (tertiary/aromatic N) is 2. The summed E-state index contributed by atoms with van der Waals surface area (Å²) in [6.07, 6.45) is 0. The molecule has 2 rings (SSSR count). The van der Waals surface area contributed by atoms with Crippen molar-refractivity contribution in [2.45, 2.75) is 13.0 Å². The van der Waals surface area contributed by atoms with E-state index in [9.17, 15) is 9.59 Å². The fourth-order valence-corrected chi connectivity index (χ4v) is 2.66. The highest BCUT2D eigenvalue weighted by molar-refractivity contribution is 6.33. The highest BCUT2D eigenvalue weighted by Crippen LogP contribution is 2.21. The van der Waals surface area contributed by atoms with E-state index in [2.05, 4.69) is 10.2 Å². The van der Waals surface area contributed by atoms with E-state index in [0.717, 1.165) is 13.1 Å². The summed E-state index contributed by atoms with van der Waals surface area (Å²) in [7, 11) is 2.02. The number of halogens is 1. The number of aromatic carboxylic acids is 1. The van der Waals surface area contributed by atoms with Crippen molar-refractivity contribution >= 4 is 29.3 Å². The van der Waals surface area contributed by atoms with Crippen LogP contribution in [0.15, 0.2) is 18.2 Å². The zero-order valence-corrected chi connectivity index (χ0v) is 12.7. The Morgan fingerprint density at radius 3 is 2.67 bits per heavy atom. The van der Waals surface area contributed by atoms with Crippen molar-refractivity contribution in [3.8, 4) is 0 Å². The van der Waals surface area contributed by atoms with Crippen LogP contribution in [0.2, 0.25) is 5.02 Å². The van der Waals surface area contributed by atoms with Crippen molar-refractivity contribution in [3.05, 3.63) is 28.8 Å². The summed E-state index contributed by atoms with van der Waals surface area (Å²) >= 11 is 5.89. The number of nitrogens with one attached hydrogen (secondary N) is 1. The van der Waals surface area contributed by atoms with E-state index >= 15 is 0 Å². The predicted molar refractivity (Wildman–Crippen MR) is 81.1 cm³/mol. The van der Waals surface area contributed by atoms with Gasteiger partial charge in [0.05, 0.1) is 10.6 Å². The molecular weight excluding hydrogens is 294 g/mol. The van der Waals surface area contributed by atoms with Gasteiger partial charge in [0.15, 0.2) is 0 Å². The lowest BCUT2D eigenvalue weighted by molar-refractivity contribution is 0.0697. The number of carboxylic acid groups (broad SMARTS) is 1. The highest BCUT2D eigenvalue weighted by Gasteiger charge is 2.25. The van der Waals surface area contributed by atoms with Gasteiger partial charge in [-0.1, -0.05) is 11.6 Å². The number of likely N-dealkylation sites (N-methyl/N-ethyl adjacent to an activating group) is 1. The molecule has 2 N–H and O–H groups in total. The lowest BCUT2D eigenvalue weighted by atomic mass is 10.2. The maximum absolute atomic E-state index is 12.3. The van der Waals surface area contributed by atoms with Crippen LogP contribution in [0.4, 0.5) is 10.5 Å². The van der Waals surface area contributed by atoms with Gasteiger partial charge in [0, 0.05) is 31.4 Å². The average Bonchev–Trinajstić information content (AvgIpc) is 2.37. The van der Waals surface area contributed by atoms with Crippen molar-refractivity contribution in [2.75, 3.05) is 32.0 Å². The molecule has 21 heavy (non-hydrogen) atoms. The lowest BCUT2D eigenvalue weighted by Crippen LogP contribution is -2.53. The zero-order valence-electron chi connectivity index (χ0n) is 12.0. The summed E-state index contributed by atoms with van der Waals surface area (Å²) in [5.41, 5.74) is 0.503. The zero-order chi connectivity index (χ0) is 15.6. The second-order valence-corrected chi connectivity index (χ2v) is 5.64. The van der Waals surface area contributed by atoms with Crippen molar-refractivity contribution in [2.24, 2.45) is 0 Å². The van der Waals surface area contributed by atoms with Crippen LogP contribution in [0.25, 0.3) is 0 Å². The van der Waals surface area contributed by atoms with Gasteiger partial charge in [0.25, 0.3) is 0 Å². The molecule has 6 nitrogen and oxygen atoms in total. The first-order chi connectivity index (χ1) is 9.88. The van der Waals surface area contributed by atoms with Crippen LogP contribution < -0.4 is 5.32 Å². The van der Waals surface area contributed by atoms with Crippen LogP contribution in [-0.2, 0) is 0 Å². The van der Waals surface area contributed by atoms with Crippen molar-refractivity contribution in [3.63, 3.8) is 0 Å². The van der Waals surface area contributed by atoms with Gasteiger partial charge in [-0.15, -0.1) is 0 Å². The fraction of sp³-hybridized carbons (Fsp3) is 0.429. The van der Waals surface area contributed by atoms with E-state index in [1.807, 2.05) is 14.0 Å². The van der Waals surface area contributed by atoms with Crippen LogP contribution in [0.5, 0.6) is 0 Å². The summed E-state index contributed by atoms with van der Waals surface area (Å²) in [6.45, 7) is 4.31.